The van der Waals surface area contributed by atoms with E-state index < -0.39 is 0 Å². The molecule has 6 rings (SSSR count). The predicted molar refractivity (Wildman–Crippen MR) is 130 cm³/mol. The summed E-state index contributed by atoms with van der Waals surface area (Å²) in [7, 11) is 1.84. The lowest BCUT2D eigenvalue weighted by Gasteiger charge is -2.30. The van der Waals surface area contributed by atoms with Crippen LogP contribution in [0.2, 0.25) is 0 Å². The van der Waals surface area contributed by atoms with Crippen LogP contribution in [0.15, 0.2) is 64.3 Å². The van der Waals surface area contributed by atoms with Crippen molar-refractivity contribution in [3.63, 3.8) is 0 Å². The average molecular weight is 456 g/mol. The highest BCUT2D eigenvalue weighted by Gasteiger charge is 2.28. The molecule has 2 atom stereocenters. The topological polar surface area (TPSA) is 88.0 Å². The molecule has 5 heterocycles. The van der Waals surface area contributed by atoms with Crippen LogP contribution in [0.5, 0.6) is 0 Å². The van der Waals surface area contributed by atoms with Crippen molar-refractivity contribution >= 4 is 22.1 Å². The number of hydrogen-bond acceptors (Lipinski definition) is 6. The predicted octanol–water partition coefficient (Wildman–Crippen LogP) is 4.74. The molecule has 1 fully saturated rings. The second-order valence-electron chi connectivity index (χ2n) is 8.83. The molecule has 0 aliphatic carbocycles. The molecule has 0 amide bonds. The van der Waals surface area contributed by atoms with Crippen molar-refractivity contribution in [1.29, 1.82) is 0 Å². The van der Waals surface area contributed by atoms with Gasteiger partial charge in [-0.1, -0.05) is 19.1 Å². The standard InChI is InChI=1S/C26H25N5O3/c1-3-20-12-19(8-10-33-20)31-24-21-11-16(17-5-4-9-27-13-17)6-7-22(21)34-25(24)23(29-26(31)32)18-14-28-30(2)15-18/h4-7,9,11,13-15,19-20H,3,8,10,12H2,1-2H3. The van der Waals surface area contributed by atoms with Gasteiger partial charge in [0.2, 0.25) is 0 Å². The quantitative estimate of drug-likeness (QED) is 0.389. The van der Waals surface area contributed by atoms with Gasteiger partial charge in [-0.15, -0.1) is 0 Å². The SMILES string of the molecule is CCC1CC(n2c(=O)nc(-c3cnn(C)c3)c3oc4ccc(-c5cccnc5)cc4c32)CCO1. The number of aromatic nitrogens is 5. The second kappa shape index (κ2) is 8.22. The maximum Gasteiger partial charge on any atom is 0.349 e. The van der Waals surface area contributed by atoms with E-state index in [2.05, 4.69) is 28.1 Å². The van der Waals surface area contributed by atoms with Gasteiger partial charge in [-0.3, -0.25) is 14.2 Å². The van der Waals surface area contributed by atoms with Crippen molar-refractivity contribution in [2.24, 2.45) is 7.05 Å². The molecule has 1 aliphatic rings. The molecule has 8 heteroatoms. The van der Waals surface area contributed by atoms with E-state index in [0.717, 1.165) is 46.9 Å². The first-order chi connectivity index (χ1) is 16.6. The van der Waals surface area contributed by atoms with E-state index in [-0.39, 0.29) is 17.8 Å². The van der Waals surface area contributed by atoms with Crippen LogP contribution in [-0.4, -0.2) is 37.0 Å². The smallest absolute Gasteiger partial charge is 0.349 e. The van der Waals surface area contributed by atoms with Gasteiger partial charge in [0.15, 0.2) is 5.58 Å². The van der Waals surface area contributed by atoms with Crippen LogP contribution in [0.4, 0.5) is 0 Å². The van der Waals surface area contributed by atoms with Gasteiger partial charge in [0.1, 0.15) is 16.8 Å². The normalized spacial score (nSPS) is 18.6. The summed E-state index contributed by atoms with van der Waals surface area (Å²) in [5.74, 6) is 0. The molecule has 1 aromatic carbocycles. The fourth-order valence-corrected chi connectivity index (χ4v) is 4.95. The largest absolute Gasteiger partial charge is 0.452 e. The summed E-state index contributed by atoms with van der Waals surface area (Å²) in [5, 5.41) is 5.16. The summed E-state index contributed by atoms with van der Waals surface area (Å²) in [6, 6.07) is 9.99. The minimum atomic E-state index is -0.275. The van der Waals surface area contributed by atoms with Crippen LogP contribution in [0.3, 0.4) is 0 Å². The minimum absolute atomic E-state index is 0.00741. The van der Waals surface area contributed by atoms with Crippen molar-refractivity contribution in [1.82, 2.24) is 24.3 Å². The number of hydrogen-bond donors (Lipinski definition) is 0. The van der Waals surface area contributed by atoms with Crippen LogP contribution in [0.25, 0.3) is 44.5 Å². The van der Waals surface area contributed by atoms with Gasteiger partial charge in [-0.25, -0.2) is 4.79 Å². The molecule has 0 spiro atoms. The first kappa shape index (κ1) is 20.8. The monoisotopic (exact) mass is 455 g/mol. The molecule has 0 saturated carbocycles. The zero-order valence-corrected chi connectivity index (χ0v) is 19.1. The summed E-state index contributed by atoms with van der Waals surface area (Å²) < 4.78 is 15.8. The van der Waals surface area contributed by atoms with Crippen molar-refractivity contribution in [3.8, 4) is 22.4 Å². The molecule has 5 aromatic rings. The highest BCUT2D eigenvalue weighted by atomic mass is 16.5. The van der Waals surface area contributed by atoms with E-state index in [1.54, 1.807) is 17.1 Å². The number of nitrogens with zero attached hydrogens (tertiary/aromatic N) is 5. The first-order valence-corrected chi connectivity index (χ1v) is 11.6. The summed E-state index contributed by atoms with van der Waals surface area (Å²) >= 11 is 0. The van der Waals surface area contributed by atoms with Gasteiger partial charge in [0, 0.05) is 54.8 Å². The Kier molecular flexibility index (Phi) is 5.03. The van der Waals surface area contributed by atoms with Gasteiger partial charge >= 0.3 is 5.69 Å². The number of benzene rings is 1. The van der Waals surface area contributed by atoms with E-state index in [0.29, 0.717) is 23.5 Å². The summed E-state index contributed by atoms with van der Waals surface area (Å²) in [6.45, 7) is 2.74. The Morgan fingerprint density at radius 1 is 1.15 bits per heavy atom. The maximum atomic E-state index is 13.6. The number of rotatable bonds is 4. The van der Waals surface area contributed by atoms with Gasteiger partial charge in [-0.2, -0.15) is 10.1 Å². The van der Waals surface area contributed by atoms with E-state index in [9.17, 15) is 4.79 Å². The lowest BCUT2D eigenvalue weighted by Crippen LogP contribution is -2.34. The third kappa shape index (κ3) is 3.42. The Labute approximate surface area is 195 Å². The molecule has 0 N–H and O–H groups in total. The van der Waals surface area contributed by atoms with Crippen molar-refractivity contribution in [3.05, 3.63) is 65.6 Å². The van der Waals surface area contributed by atoms with E-state index >= 15 is 0 Å². The van der Waals surface area contributed by atoms with Crippen LogP contribution in [-0.2, 0) is 11.8 Å². The zero-order chi connectivity index (χ0) is 23.2. The van der Waals surface area contributed by atoms with Gasteiger partial charge in [-0.05, 0) is 43.0 Å². The molecule has 2 unspecified atom stereocenters. The molecule has 4 aromatic heterocycles. The summed E-state index contributed by atoms with van der Waals surface area (Å²) in [5.41, 5.74) is 5.11. The number of ether oxygens (including phenoxy) is 1. The van der Waals surface area contributed by atoms with Crippen molar-refractivity contribution in [2.45, 2.75) is 38.3 Å². The number of aryl methyl sites for hydroxylation is 1. The lowest BCUT2D eigenvalue weighted by atomic mass is 10.00. The second-order valence-corrected chi connectivity index (χ2v) is 8.83. The molecule has 1 aliphatic heterocycles. The molecule has 1 saturated heterocycles. The molecule has 34 heavy (non-hydrogen) atoms. The Morgan fingerprint density at radius 3 is 2.82 bits per heavy atom. The molecule has 8 nitrogen and oxygen atoms in total. The Bertz CT molecular complexity index is 1550. The Balaban J connectivity index is 1.65. The highest BCUT2D eigenvalue weighted by molar-refractivity contribution is 6.07. The lowest BCUT2D eigenvalue weighted by molar-refractivity contribution is -0.00709. The number of fused-ring (bicyclic) bond motifs is 3. The third-order valence-corrected chi connectivity index (χ3v) is 6.66. The maximum absolute atomic E-state index is 13.6. The Hall–Kier alpha value is -3.78. The van der Waals surface area contributed by atoms with Crippen LogP contribution in [0.1, 0.15) is 32.2 Å². The molecule has 0 radical (unpaired) electrons. The minimum Gasteiger partial charge on any atom is -0.452 e. The van der Waals surface area contributed by atoms with Crippen molar-refractivity contribution in [2.75, 3.05) is 6.61 Å². The van der Waals surface area contributed by atoms with E-state index in [4.69, 9.17) is 9.15 Å². The van der Waals surface area contributed by atoms with Gasteiger partial charge < -0.3 is 9.15 Å². The first-order valence-electron chi connectivity index (χ1n) is 11.6. The number of pyridine rings is 1. The van der Waals surface area contributed by atoms with E-state index in [1.807, 2.05) is 48.3 Å². The fourth-order valence-electron chi connectivity index (χ4n) is 4.95. The third-order valence-electron chi connectivity index (χ3n) is 6.66. The summed E-state index contributed by atoms with van der Waals surface area (Å²) in [4.78, 5) is 22.3. The molecular formula is C26H25N5O3. The van der Waals surface area contributed by atoms with E-state index in [1.165, 1.54) is 0 Å². The van der Waals surface area contributed by atoms with Crippen LogP contribution >= 0.6 is 0 Å². The fraction of sp³-hybridized carbons (Fsp3) is 0.308. The number of furan rings is 1. The molecular weight excluding hydrogens is 430 g/mol. The summed E-state index contributed by atoms with van der Waals surface area (Å²) in [6.07, 6.45) is 9.72. The van der Waals surface area contributed by atoms with Crippen LogP contribution < -0.4 is 5.69 Å². The van der Waals surface area contributed by atoms with Crippen LogP contribution in [0, 0.1) is 0 Å². The van der Waals surface area contributed by atoms with Gasteiger partial charge in [0.05, 0.1) is 12.3 Å². The zero-order valence-electron chi connectivity index (χ0n) is 19.1. The highest BCUT2D eigenvalue weighted by Crippen LogP contribution is 2.38. The molecule has 0 bridgehead atoms. The Morgan fingerprint density at radius 2 is 2.06 bits per heavy atom. The van der Waals surface area contributed by atoms with Gasteiger partial charge in [0.25, 0.3) is 0 Å². The van der Waals surface area contributed by atoms with Crippen molar-refractivity contribution < 1.29 is 9.15 Å². The molecule has 172 valence electrons. The average Bonchev–Trinajstić information content (AvgIpc) is 3.47.